The first-order valence-electron chi connectivity index (χ1n) is 7.15. The summed E-state index contributed by atoms with van der Waals surface area (Å²) in [6, 6.07) is 0.746. The van der Waals surface area contributed by atoms with Gasteiger partial charge in [0.15, 0.2) is 0 Å². The fourth-order valence-electron chi connectivity index (χ4n) is 2.41. The molecule has 5 nitrogen and oxygen atoms in total. The van der Waals surface area contributed by atoms with E-state index in [0.717, 1.165) is 18.9 Å². The lowest BCUT2D eigenvalue weighted by Gasteiger charge is -2.22. The van der Waals surface area contributed by atoms with Crippen LogP contribution in [0.2, 0.25) is 5.02 Å². The molecule has 1 heterocycles. The van der Waals surface area contributed by atoms with E-state index in [1.54, 1.807) is 0 Å². The summed E-state index contributed by atoms with van der Waals surface area (Å²) in [6.45, 7) is 0.191. The second-order valence-electron chi connectivity index (χ2n) is 5.48. The van der Waals surface area contributed by atoms with Gasteiger partial charge in [-0.25, -0.2) is 4.98 Å². The minimum absolute atomic E-state index is 0.0277. The number of hydrogen-bond donors (Lipinski definition) is 2. The van der Waals surface area contributed by atoms with E-state index in [9.17, 15) is 18.0 Å². The van der Waals surface area contributed by atoms with Gasteiger partial charge < -0.3 is 15.8 Å². The van der Waals surface area contributed by atoms with Crippen molar-refractivity contribution in [2.24, 2.45) is 5.73 Å². The van der Waals surface area contributed by atoms with Crippen LogP contribution in [0.4, 0.5) is 13.2 Å². The lowest BCUT2D eigenvalue weighted by molar-refractivity contribution is -0.137. The largest absolute Gasteiger partial charge is 0.475 e. The highest BCUT2D eigenvalue weighted by Gasteiger charge is 2.36. The summed E-state index contributed by atoms with van der Waals surface area (Å²) in [6.07, 6.45) is -0.734. The molecule has 9 heteroatoms. The third-order valence-corrected chi connectivity index (χ3v) is 3.98. The fourth-order valence-corrected chi connectivity index (χ4v) is 2.63. The van der Waals surface area contributed by atoms with Crippen LogP contribution in [0.1, 0.15) is 31.2 Å². The number of aromatic nitrogens is 1. The molecular formula is C14H17ClF3N3O2. The van der Waals surface area contributed by atoms with Gasteiger partial charge in [0.05, 0.1) is 17.6 Å². The smallest absolute Gasteiger partial charge is 0.417 e. The van der Waals surface area contributed by atoms with Crippen molar-refractivity contribution in [1.29, 1.82) is 0 Å². The molecule has 3 N–H and O–H groups in total. The minimum Gasteiger partial charge on any atom is -0.475 e. The molecule has 2 rings (SSSR count). The molecule has 0 saturated heterocycles. The number of nitrogens with two attached hydrogens (primary N) is 1. The van der Waals surface area contributed by atoms with Crippen molar-refractivity contribution in [1.82, 2.24) is 10.3 Å². The normalized spacial score (nSPS) is 17.1. The molecule has 1 aromatic rings. The zero-order chi connectivity index (χ0) is 17.1. The Bertz CT molecular complexity index is 575. The van der Waals surface area contributed by atoms with Crippen LogP contribution in [0, 0.1) is 0 Å². The topological polar surface area (TPSA) is 77.2 Å². The summed E-state index contributed by atoms with van der Waals surface area (Å²) in [5, 5.41) is 2.41. The van der Waals surface area contributed by atoms with E-state index >= 15 is 0 Å². The molecule has 0 aromatic carbocycles. The molecule has 1 amide bonds. The van der Waals surface area contributed by atoms with Gasteiger partial charge >= 0.3 is 6.18 Å². The summed E-state index contributed by atoms with van der Waals surface area (Å²) >= 11 is 5.71. The van der Waals surface area contributed by atoms with E-state index in [1.165, 1.54) is 0 Å². The van der Waals surface area contributed by atoms with E-state index in [2.05, 4.69) is 10.3 Å². The SMILES string of the molecule is NC1(C(=O)NCCOc2ncc(C(F)(F)F)cc2Cl)CCCC1. The van der Waals surface area contributed by atoms with E-state index < -0.39 is 17.3 Å². The Morgan fingerprint density at radius 3 is 2.65 bits per heavy atom. The van der Waals surface area contributed by atoms with Gasteiger partial charge in [-0.15, -0.1) is 0 Å². The van der Waals surface area contributed by atoms with Crippen molar-refractivity contribution < 1.29 is 22.7 Å². The van der Waals surface area contributed by atoms with Crippen molar-refractivity contribution in [2.75, 3.05) is 13.2 Å². The maximum Gasteiger partial charge on any atom is 0.417 e. The van der Waals surface area contributed by atoms with E-state index in [4.69, 9.17) is 22.1 Å². The Labute approximate surface area is 136 Å². The van der Waals surface area contributed by atoms with Gasteiger partial charge in [-0.05, 0) is 18.9 Å². The van der Waals surface area contributed by atoms with Crippen LogP contribution in [0.5, 0.6) is 5.88 Å². The number of rotatable bonds is 5. The number of alkyl halides is 3. The van der Waals surface area contributed by atoms with Crippen LogP contribution >= 0.6 is 11.6 Å². The second-order valence-corrected chi connectivity index (χ2v) is 5.88. The minimum atomic E-state index is -4.51. The van der Waals surface area contributed by atoms with Gasteiger partial charge in [-0.3, -0.25) is 4.79 Å². The summed E-state index contributed by atoms with van der Waals surface area (Å²) in [7, 11) is 0. The van der Waals surface area contributed by atoms with Crippen molar-refractivity contribution in [3.8, 4) is 5.88 Å². The van der Waals surface area contributed by atoms with Crippen LogP contribution in [0.3, 0.4) is 0 Å². The molecule has 1 aliphatic rings. The Morgan fingerprint density at radius 2 is 2.09 bits per heavy atom. The van der Waals surface area contributed by atoms with Crippen molar-refractivity contribution in [3.05, 3.63) is 22.8 Å². The summed E-state index contributed by atoms with van der Waals surface area (Å²) in [5.74, 6) is -0.359. The highest BCUT2D eigenvalue weighted by molar-refractivity contribution is 6.31. The third kappa shape index (κ3) is 4.48. The lowest BCUT2D eigenvalue weighted by atomic mass is 9.98. The van der Waals surface area contributed by atoms with Crippen LogP contribution in [0.25, 0.3) is 0 Å². The van der Waals surface area contributed by atoms with Gasteiger partial charge in [-0.2, -0.15) is 13.2 Å². The molecule has 0 spiro atoms. The molecule has 0 bridgehead atoms. The molecule has 0 aliphatic heterocycles. The first kappa shape index (κ1) is 17.8. The number of pyridine rings is 1. The highest BCUT2D eigenvalue weighted by atomic mass is 35.5. The molecule has 0 radical (unpaired) electrons. The van der Waals surface area contributed by atoms with Gasteiger partial charge in [0.1, 0.15) is 11.6 Å². The number of hydrogen-bond acceptors (Lipinski definition) is 4. The predicted octanol–water partition coefficient (Wildman–Crippen LogP) is 2.52. The van der Waals surface area contributed by atoms with Crippen LogP contribution in [-0.2, 0) is 11.0 Å². The number of carbonyl (C=O) groups is 1. The molecule has 128 valence electrons. The zero-order valence-corrected chi connectivity index (χ0v) is 13.0. The third-order valence-electron chi connectivity index (χ3n) is 3.71. The standard InChI is InChI=1S/C14H17ClF3N3O2/c15-10-7-9(14(16,17)18)8-21-11(10)23-6-5-20-12(22)13(19)3-1-2-4-13/h7-8H,1-6,19H2,(H,20,22). The van der Waals surface area contributed by atoms with Crippen LogP contribution in [0.15, 0.2) is 12.3 Å². The number of carbonyl (C=O) groups excluding carboxylic acids is 1. The van der Waals surface area contributed by atoms with E-state index in [-0.39, 0.29) is 30.0 Å². The zero-order valence-electron chi connectivity index (χ0n) is 12.3. The first-order valence-corrected chi connectivity index (χ1v) is 7.53. The number of amides is 1. The van der Waals surface area contributed by atoms with Crippen LogP contribution < -0.4 is 15.8 Å². The Hall–Kier alpha value is -1.54. The van der Waals surface area contributed by atoms with E-state index in [1.807, 2.05) is 0 Å². The van der Waals surface area contributed by atoms with Crippen molar-refractivity contribution in [3.63, 3.8) is 0 Å². The van der Waals surface area contributed by atoms with Crippen molar-refractivity contribution in [2.45, 2.75) is 37.4 Å². The Morgan fingerprint density at radius 1 is 1.43 bits per heavy atom. The molecule has 0 atom stereocenters. The van der Waals surface area contributed by atoms with Gasteiger partial charge in [0.2, 0.25) is 11.8 Å². The average molecular weight is 352 g/mol. The Balaban J connectivity index is 1.81. The van der Waals surface area contributed by atoms with Gasteiger partial charge in [0.25, 0.3) is 0 Å². The van der Waals surface area contributed by atoms with Gasteiger partial charge in [-0.1, -0.05) is 24.4 Å². The lowest BCUT2D eigenvalue weighted by Crippen LogP contribution is -2.52. The van der Waals surface area contributed by atoms with Crippen molar-refractivity contribution >= 4 is 17.5 Å². The number of halogens is 4. The molecule has 1 aromatic heterocycles. The summed E-state index contributed by atoms with van der Waals surface area (Å²) < 4.78 is 42.6. The Kier molecular flexibility index (Phi) is 5.36. The maximum absolute atomic E-state index is 12.5. The number of nitrogens with zero attached hydrogens (tertiary/aromatic N) is 1. The quantitative estimate of drug-likeness (QED) is 0.799. The average Bonchev–Trinajstić information content (AvgIpc) is 2.91. The molecular weight excluding hydrogens is 335 g/mol. The molecule has 23 heavy (non-hydrogen) atoms. The highest BCUT2D eigenvalue weighted by Crippen LogP contribution is 2.33. The second kappa shape index (κ2) is 6.92. The predicted molar refractivity (Wildman–Crippen MR) is 78.1 cm³/mol. The summed E-state index contributed by atoms with van der Waals surface area (Å²) in [5.41, 5.74) is 4.21. The molecule has 1 saturated carbocycles. The number of nitrogens with one attached hydrogen (secondary N) is 1. The maximum atomic E-state index is 12.5. The monoisotopic (exact) mass is 351 g/mol. The van der Waals surface area contributed by atoms with E-state index in [0.29, 0.717) is 19.0 Å². The molecule has 0 unspecified atom stereocenters. The fraction of sp³-hybridized carbons (Fsp3) is 0.571. The molecule has 1 aliphatic carbocycles. The molecule has 1 fully saturated rings. The summed E-state index contributed by atoms with van der Waals surface area (Å²) in [4.78, 5) is 15.5. The number of ether oxygens (including phenoxy) is 1. The van der Waals surface area contributed by atoms with Gasteiger partial charge in [0, 0.05) is 6.20 Å². The van der Waals surface area contributed by atoms with Crippen LogP contribution in [-0.4, -0.2) is 29.6 Å². The first-order chi connectivity index (χ1) is 10.7.